The molecule has 1 fully saturated rings. The van der Waals surface area contributed by atoms with Gasteiger partial charge in [-0.1, -0.05) is 0 Å². The van der Waals surface area contributed by atoms with Crippen LogP contribution in [0.3, 0.4) is 0 Å². The van der Waals surface area contributed by atoms with Crippen LogP contribution in [0, 0.1) is 0 Å². The van der Waals surface area contributed by atoms with Crippen LogP contribution in [0.4, 0.5) is 5.69 Å². The van der Waals surface area contributed by atoms with Crippen LogP contribution in [0.25, 0.3) is 0 Å². The minimum atomic E-state index is 0.515. The van der Waals surface area contributed by atoms with Crippen LogP contribution in [0.2, 0.25) is 0 Å². The van der Waals surface area contributed by atoms with Gasteiger partial charge in [0.1, 0.15) is 6.29 Å². The molecule has 1 aliphatic heterocycles. The Kier molecular flexibility index (Phi) is 3.02. The van der Waals surface area contributed by atoms with Gasteiger partial charge in [-0.25, -0.2) is 0 Å². The lowest BCUT2D eigenvalue weighted by atomic mass is 10.1. The summed E-state index contributed by atoms with van der Waals surface area (Å²) >= 11 is 0. The summed E-state index contributed by atoms with van der Waals surface area (Å²) in [6, 6.07) is 8.30. The molecule has 0 aliphatic carbocycles. The van der Waals surface area contributed by atoms with Gasteiger partial charge >= 0.3 is 0 Å². The van der Waals surface area contributed by atoms with Gasteiger partial charge in [-0.05, 0) is 31.2 Å². The van der Waals surface area contributed by atoms with Gasteiger partial charge < -0.3 is 10.2 Å². The van der Waals surface area contributed by atoms with Crippen molar-refractivity contribution in [1.82, 2.24) is 5.32 Å². The molecule has 80 valence electrons. The van der Waals surface area contributed by atoms with Gasteiger partial charge in [-0.2, -0.15) is 0 Å². The average molecular weight is 204 g/mol. The van der Waals surface area contributed by atoms with E-state index in [4.69, 9.17) is 0 Å². The highest BCUT2D eigenvalue weighted by molar-refractivity contribution is 5.75. The molecule has 0 saturated carbocycles. The van der Waals surface area contributed by atoms with Gasteiger partial charge in [-0.3, -0.25) is 4.79 Å². The number of piperazine rings is 1. The Morgan fingerprint density at radius 1 is 1.40 bits per heavy atom. The second kappa shape index (κ2) is 4.45. The van der Waals surface area contributed by atoms with E-state index in [2.05, 4.69) is 17.1 Å². The molecule has 0 spiro atoms. The zero-order chi connectivity index (χ0) is 10.7. The highest BCUT2D eigenvalue weighted by Crippen LogP contribution is 2.18. The van der Waals surface area contributed by atoms with E-state index in [-0.39, 0.29) is 0 Å². The van der Waals surface area contributed by atoms with E-state index in [1.54, 1.807) is 0 Å². The normalized spacial score (nSPS) is 21.4. The maximum Gasteiger partial charge on any atom is 0.150 e. The van der Waals surface area contributed by atoms with Gasteiger partial charge in [0.15, 0.2) is 0 Å². The topological polar surface area (TPSA) is 32.3 Å². The number of anilines is 1. The van der Waals surface area contributed by atoms with Crippen LogP contribution in [-0.4, -0.2) is 32.0 Å². The minimum Gasteiger partial charge on any atom is -0.366 e. The predicted molar refractivity (Wildman–Crippen MR) is 61.5 cm³/mol. The fraction of sp³-hybridized carbons (Fsp3) is 0.417. The lowest BCUT2D eigenvalue weighted by Gasteiger charge is -2.35. The summed E-state index contributed by atoms with van der Waals surface area (Å²) in [6.07, 6.45) is 0.880. The van der Waals surface area contributed by atoms with E-state index in [0.717, 1.165) is 31.5 Å². The van der Waals surface area contributed by atoms with Gasteiger partial charge in [0.05, 0.1) is 0 Å². The van der Waals surface area contributed by atoms with Crippen LogP contribution in [0.15, 0.2) is 24.3 Å². The van der Waals surface area contributed by atoms with E-state index in [1.807, 2.05) is 24.3 Å². The van der Waals surface area contributed by atoms with Crippen LogP contribution in [0.5, 0.6) is 0 Å². The number of carbonyl (C=O) groups is 1. The summed E-state index contributed by atoms with van der Waals surface area (Å²) in [4.78, 5) is 12.9. The summed E-state index contributed by atoms with van der Waals surface area (Å²) in [5.41, 5.74) is 1.94. The smallest absolute Gasteiger partial charge is 0.150 e. The minimum absolute atomic E-state index is 0.515. The summed E-state index contributed by atoms with van der Waals surface area (Å²) < 4.78 is 0. The van der Waals surface area contributed by atoms with Crippen LogP contribution < -0.4 is 10.2 Å². The van der Waals surface area contributed by atoms with Crippen LogP contribution in [-0.2, 0) is 0 Å². The van der Waals surface area contributed by atoms with E-state index >= 15 is 0 Å². The molecule has 3 nitrogen and oxygen atoms in total. The largest absolute Gasteiger partial charge is 0.366 e. The van der Waals surface area contributed by atoms with Gasteiger partial charge in [0, 0.05) is 36.9 Å². The lowest BCUT2D eigenvalue weighted by molar-refractivity contribution is 0.112. The Morgan fingerprint density at radius 2 is 2.13 bits per heavy atom. The van der Waals surface area contributed by atoms with Gasteiger partial charge in [0.25, 0.3) is 0 Å². The average Bonchev–Trinajstić information content (AvgIpc) is 2.30. The molecule has 1 aliphatic rings. The molecule has 1 saturated heterocycles. The molecule has 1 aromatic carbocycles. The third-order valence-corrected chi connectivity index (χ3v) is 2.86. The Hall–Kier alpha value is -1.35. The van der Waals surface area contributed by atoms with Gasteiger partial charge in [-0.15, -0.1) is 0 Å². The monoisotopic (exact) mass is 204 g/mol. The van der Waals surface area contributed by atoms with Gasteiger partial charge in [0.2, 0.25) is 0 Å². The maximum absolute atomic E-state index is 10.5. The van der Waals surface area contributed by atoms with E-state index < -0.39 is 0 Å². The first-order valence-corrected chi connectivity index (χ1v) is 5.34. The standard InChI is InChI=1S/C12H16N2O/c1-10-8-13-6-7-14(10)12-4-2-11(9-15)3-5-12/h2-5,9-10,13H,6-8H2,1H3. The number of nitrogens with one attached hydrogen (secondary N) is 1. The van der Waals surface area contributed by atoms with Crippen molar-refractivity contribution in [1.29, 1.82) is 0 Å². The Balaban J connectivity index is 2.16. The molecule has 1 unspecified atom stereocenters. The number of carbonyl (C=O) groups excluding carboxylic acids is 1. The zero-order valence-corrected chi connectivity index (χ0v) is 8.94. The number of hydrogen-bond donors (Lipinski definition) is 1. The summed E-state index contributed by atoms with van der Waals surface area (Å²) in [5.74, 6) is 0. The molecule has 1 aromatic rings. The van der Waals surface area contributed by atoms with Crippen molar-refractivity contribution < 1.29 is 4.79 Å². The summed E-state index contributed by atoms with van der Waals surface area (Å²) in [7, 11) is 0. The fourth-order valence-electron chi connectivity index (χ4n) is 1.97. The molecule has 0 aromatic heterocycles. The molecule has 0 radical (unpaired) electrons. The molecular weight excluding hydrogens is 188 g/mol. The van der Waals surface area contributed by atoms with E-state index in [0.29, 0.717) is 6.04 Å². The molecule has 0 bridgehead atoms. The van der Waals surface area contributed by atoms with Crippen LogP contribution >= 0.6 is 0 Å². The first kappa shape index (κ1) is 10.2. The third kappa shape index (κ3) is 2.18. The number of hydrogen-bond acceptors (Lipinski definition) is 3. The molecule has 1 atom stereocenters. The molecule has 2 rings (SSSR count). The third-order valence-electron chi connectivity index (χ3n) is 2.86. The number of nitrogens with zero attached hydrogens (tertiary/aromatic N) is 1. The molecular formula is C12H16N2O. The summed E-state index contributed by atoms with van der Waals surface area (Å²) in [5, 5.41) is 3.36. The lowest BCUT2D eigenvalue weighted by Crippen LogP contribution is -2.49. The van der Waals surface area contributed by atoms with Crippen LogP contribution in [0.1, 0.15) is 17.3 Å². The first-order chi connectivity index (χ1) is 7.31. The summed E-state index contributed by atoms with van der Waals surface area (Å²) in [6.45, 7) is 5.29. The second-order valence-corrected chi connectivity index (χ2v) is 3.96. The zero-order valence-electron chi connectivity index (χ0n) is 8.94. The first-order valence-electron chi connectivity index (χ1n) is 5.34. The van der Waals surface area contributed by atoms with Crippen molar-refractivity contribution in [2.45, 2.75) is 13.0 Å². The van der Waals surface area contributed by atoms with E-state index in [1.165, 1.54) is 5.69 Å². The highest BCUT2D eigenvalue weighted by atomic mass is 16.1. The number of rotatable bonds is 2. The van der Waals surface area contributed by atoms with Crippen molar-refractivity contribution >= 4 is 12.0 Å². The molecule has 1 heterocycles. The van der Waals surface area contributed by atoms with Crippen molar-refractivity contribution in [3.8, 4) is 0 Å². The number of aldehydes is 1. The maximum atomic E-state index is 10.5. The molecule has 15 heavy (non-hydrogen) atoms. The fourth-order valence-corrected chi connectivity index (χ4v) is 1.97. The van der Waals surface area contributed by atoms with Crippen molar-refractivity contribution in [2.75, 3.05) is 24.5 Å². The molecule has 1 N–H and O–H groups in total. The quantitative estimate of drug-likeness (QED) is 0.737. The van der Waals surface area contributed by atoms with Crippen molar-refractivity contribution in [3.63, 3.8) is 0 Å². The molecule has 0 amide bonds. The van der Waals surface area contributed by atoms with Crippen molar-refractivity contribution in [3.05, 3.63) is 29.8 Å². The second-order valence-electron chi connectivity index (χ2n) is 3.96. The Bertz CT molecular complexity index is 334. The Morgan fingerprint density at radius 3 is 2.73 bits per heavy atom. The molecule has 3 heteroatoms. The highest BCUT2D eigenvalue weighted by Gasteiger charge is 2.17. The SMILES string of the molecule is CC1CNCCN1c1ccc(C=O)cc1. The van der Waals surface area contributed by atoms with Crippen molar-refractivity contribution in [2.24, 2.45) is 0 Å². The number of benzene rings is 1. The Labute approximate surface area is 90.1 Å². The predicted octanol–water partition coefficient (Wildman–Crippen LogP) is 1.30. The van der Waals surface area contributed by atoms with E-state index in [9.17, 15) is 4.79 Å².